The number of carbonyl (C=O) groups excluding carboxylic acids is 1. The number of nitrogens with zero attached hydrogens (tertiary/aromatic N) is 1. The Morgan fingerprint density at radius 3 is 2.65 bits per heavy atom. The van der Waals surface area contributed by atoms with Gasteiger partial charge in [-0.15, -0.1) is 0 Å². The molecule has 1 heterocycles. The van der Waals surface area contributed by atoms with Gasteiger partial charge in [-0.2, -0.15) is 5.10 Å². The number of halogens is 1. The Labute approximate surface area is 142 Å². The van der Waals surface area contributed by atoms with E-state index in [-0.39, 0.29) is 5.91 Å². The van der Waals surface area contributed by atoms with E-state index < -0.39 is 0 Å². The number of furan rings is 1. The van der Waals surface area contributed by atoms with E-state index in [4.69, 9.17) is 4.42 Å². The van der Waals surface area contributed by atoms with Crippen molar-refractivity contribution in [1.82, 2.24) is 5.43 Å². The first-order chi connectivity index (χ1) is 11.2. The molecule has 0 saturated carbocycles. The predicted molar refractivity (Wildman–Crippen MR) is 93.3 cm³/mol. The molecule has 0 aliphatic rings. The molecule has 23 heavy (non-hydrogen) atoms. The summed E-state index contributed by atoms with van der Waals surface area (Å²) in [6, 6.07) is 20.4. The van der Waals surface area contributed by atoms with Gasteiger partial charge in [-0.1, -0.05) is 46.3 Å². The van der Waals surface area contributed by atoms with Gasteiger partial charge in [-0.05, 0) is 36.4 Å². The zero-order valence-corrected chi connectivity index (χ0v) is 13.7. The van der Waals surface area contributed by atoms with Gasteiger partial charge in [0.15, 0.2) is 0 Å². The van der Waals surface area contributed by atoms with E-state index in [2.05, 4.69) is 26.5 Å². The van der Waals surface area contributed by atoms with E-state index in [1.165, 1.54) is 6.21 Å². The summed E-state index contributed by atoms with van der Waals surface area (Å²) in [5.41, 5.74) is 3.99. The molecule has 0 aliphatic heterocycles. The first kappa shape index (κ1) is 15.2. The minimum Gasteiger partial charge on any atom is -0.455 e. The first-order valence-corrected chi connectivity index (χ1v) is 7.76. The minimum atomic E-state index is -0.263. The Morgan fingerprint density at radius 1 is 1.04 bits per heavy atom. The average Bonchev–Trinajstić information content (AvgIpc) is 3.04. The van der Waals surface area contributed by atoms with Crippen molar-refractivity contribution in [2.45, 2.75) is 0 Å². The summed E-state index contributed by atoms with van der Waals surface area (Å²) in [6.07, 6.45) is 1.47. The molecule has 1 aromatic heterocycles. The number of hydrogen-bond donors (Lipinski definition) is 1. The lowest BCUT2D eigenvalue weighted by atomic mass is 10.2. The number of nitrogens with one attached hydrogen (secondary N) is 1. The lowest BCUT2D eigenvalue weighted by Crippen LogP contribution is -2.17. The average molecular weight is 369 g/mol. The van der Waals surface area contributed by atoms with Crippen LogP contribution < -0.4 is 5.43 Å². The Bertz CT molecular complexity index is 841. The van der Waals surface area contributed by atoms with Gasteiger partial charge in [0.05, 0.1) is 6.21 Å². The molecule has 2 aromatic carbocycles. The molecule has 5 heteroatoms. The monoisotopic (exact) mass is 368 g/mol. The van der Waals surface area contributed by atoms with Crippen molar-refractivity contribution in [3.8, 4) is 11.3 Å². The van der Waals surface area contributed by atoms with Crippen LogP contribution in [0.1, 0.15) is 16.1 Å². The molecule has 114 valence electrons. The number of carbonyl (C=O) groups is 1. The zero-order valence-electron chi connectivity index (χ0n) is 12.1. The third kappa shape index (κ3) is 3.96. The summed E-state index contributed by atoms with van der Waals surface area (Å²) in [4.78, 5) is 11.8. The second kappa shape index (κ2) is 7.07. The van der Waals surface area contributed by atoms with Gasteiger partial charge in [0.2, 0.25) is 0 Å². The predicted octanol–water partition coefficient (Wildman–Crippen LogP) is 4.47. The molecule has 3 aromatic rings. The molecule has 0 spiro atoms. The van der Waals surface area contributed by atoms with Crippen molar-refractivity contribution in [2.75, 3.05) is 0 Å². The summed E-state index contributed by atoms with van der Waals surface area (Å²) >= 11 is 3.43. The number of benzene rings is 2. The Hall–Kier alpha value is -2.66. The molecule has 0 bridgehead atoms. The minimum absolute atomic E-state index is 0.263. The fraction of sp³-hybridized carbons (Fsp3) is 0. The highest BCUT2D eigenvalue weighted by molar-refractivity contribution is 9.10. The molecule has 0 atom stereocenters. The van der Waals surface area contributed by atoms with Crippen LogP contribution in [0.5, 0.6) is 0 Å². The third-order valence-corrected chi connectivity index (χ3v) is 3.62. The van der Waals surface area contributed by atoms with E-state index in [0.29, 0.717) is 11.3 Å². The first-order valence-electron chi connectivity index (χ1n) is 6.96. The third-order valence-electron chi connectivity index (χ3n) is 3.13. The molecular formula is C18H13BrN2O2. The van der Waals surface area contributed by atoms with E-state index in [1.54, 1.807) is 30.3 Å². The van der Waals surface area contributed by atoms with Crippen molar-refractivity contribution in [3.63, 3.8) is 0 Å². The quantitative estimate of drug-likeness (QED) is 0.545. The van der Waals surface area contributed by atoms with Crippen LogP contribution in [0, 0.1) is 0 Å². The fourth-order valence-corrected chi connectivity index (χ4v) is 2.43. The van der Waals surface area contributed by atoms with Crippen LogP contribution in [0.4, 0.5) is 0 Å². The van der Waals surface area contributed by atoms with Crippen molar-refractivity contribution in [2.24, 2.45) is 5.10 Å². The van der Waals surface area contributed by atoms with E-state index >= 15 is 0 Å². The molecular weight excluding hydrogens is 356 g/mol. The topological polar surface area (TPSA) is 54.6 Å². The van der Waals surface area contributed by atoms with Gasteiger partial charge >= 0.3 is 0 Å². The highest BCUT2D eigenvalue weighted by Gasteiger charge is 2.05. The maximum atomic E-state index is 11.8. The SMILES string of the molecule is O=C(N/N=C\c1ccc(-c2cccc(Br)c2)o1)c1ccccc1. The normalized spacial score (nSPS) is 10.8. The molecule has 0 saturated heterocycles. The highest BCUT2D eigenvalue weighted by Crippen LogP contribution is 2.24. The summed E-state index contributed by atoms with van der Waals surface area (Å²) in [5, 5.41) is 3.91. The van der Waals surface area contributed by atoms with Crippen molar-refractivity contribution < 1.29 is 9.21 Å². The van der Waals surface area contributed by atoms with Crippen LogP contribution in [0.15, 0.2) is 80.7 Å². The zero-order chi connectivity index (χ0) is 16.1. The number of hydrogen-bond acceptors (Lipinski definition) is 3. The maximum Gasteiger partial charge on any atom is 0.271 e. The van der Waals surface area contributed by atoms with Crippen LogP contribution >= 0.6 is 15.9 Å². The molecule has 0 fully saturated rings. The van der Waals surface area contributed by atoms with Gasteiger partial charge < -0.3 is 4.42 Å². The summed E-state index contributed by atoms with van der Waals surface area (Å²) in [7, 11) is 0. The largest absolute Gasteiger partial charge is 0.455 e. The molecule has 0 aliphatic carbocycles. The summed E-state index contributed by atoms with van der Waals surface area (Å²) < 4.78 is 6.67. The van der Waals surface area contributed by atoms with Crippen LogP contribution in [0.2, 0.25) is 0 Å². The van der Waals surface area contributed by atoms with Gasteiger partial charge in [0, 0.05) is 15.6 Å². The lowest BCUT2D eigenvalue weighted by Gasteiger charge is -1.98. The van der Waals surface area contributed by atoms with Gasteiger partial charge in [0.1, 0.15) is 11.5 Å². The van der Waals surface area contributed by atoms with E-state index in [0.717, 1.165) is 15.8 Å². The molecule has 0 radical (unpaired) electrons. The second-order valence-electron chi connectivity index (χ2n) is 4.78. The molecule has 1 N–H and O–H groups in total. The van der Waals surface area contributed by atoms with Crippen LogP contribution in [-0.4, -0.2) is 12.1 Å². The molecule has 1 amide bonds. The van der Waals surface area contributed by atoms with E-state index in [1.807, 2.05) is 36.4 Å². The van der Waals surface area contributed by atoms with Crippen molar-refractivity contribution >= 4 is 28.1 Å². The molecule has 0 unspecified atom stereocenters. The van der Waals surface area contributed by atoms with Crippen LogP contribution in [0.3, 0.4) is 0 Å². The molecule has 3 rings (SSSR count). The second-order valence-corrected chi connectivity index (χ2v) is 5.69. The summed E-state index contributed by atoms with van der Waals surface area (Å²) in [5.74, 6) is 1.04. The van der Waals surface area contributed by atoms with Crippen LogP contribution in [0.25, 0.3) is 11.3 Å². The lowest BCUT2D eigenvalue weighted by molar-refractivity contribution is 0.0955. The summed E-state index contributed by atoms with van der Waals surface area (Å²) in [6.45, 7) is 0. The van der Waals surface area contributed by atoms with Crippen LogP contribution in [-0.2, 0) is 0 Å². The highest BCUT2D eigenvalue weighted by atomic mass is 79.9. The standard InChI is InChI=1S/C18H13BrN2O2/c19-15-8-4-7-14(11-15)17-10-9-16(23-17)12-20-21-18(22)13-5-2-1-3-6-13/h1-12H,(H,21,22)/b20-12-. The fourth-order valence-electron chi connectivity index (χ4n) is 2.03. The smallest absolute Gasteiger partial charge is 0.271 e. The Morgan fingerprint density at radius 2 is 1.87 bits per heavy atom. The van der Waals surface area contributed by atoms with E-state index in [9.17, 15) is 4.79 Å². The van der Waals surface area contributed by atoms with Gasteiger partial charge in [0.25, 0.3) is 5.91 Å². The number of rotatable bonds is 4. The van der Waals surface area contributed by atoms with Gasteiger partial charge in [-0.25, -0.2) is 5.43 Å². The molecule has 4 nitrogen and oxygen atoms in total. The number of hydrazone groups is 1. The Balaban J connectivity index is 1.66. The Kier molecular flexibility index (Phi) is 4.68. The van der Waals surface area contributed by atoms with Gasteiger partial charge in [-0.3, -0.25) is 4.79 Å². The number of amides is 1. The van der Waals surface area contributed by atoms with Crippen molar-refractivity contribution in [3.05, 3.63) is 82.5 Å². The maximum absolute atomic E-state index is 11.8. The van der Waals surface area contributed by atoms with Crippen molar-refractivity contribution in [1.29, 1.82) is 0 Å².